The van der Waals surface area contributed by atoms with Crippen molar-refractivity contribution >= 4 is 17.7 Å². The molecule has 0 aliphatic carbocycles. The molecule has 1 unspecified atom stereocenters. The fourth-order valence-corrected chi connectivity index (χ4v) is 2.94. The lowest BCUT2D eigenvalue weighted by Crippen LogP contribution is -2.44. The molecule has 128 valence electrons. The summed E-state index contributed by atoms with van der Waals surface area (Å²) in [6.07, 6.45) is 0.0511. The number of aliphatic hydroxyl groups excluding tert-OH is 1. The molecule has 1 aromatic rings. The molecule has 0 saturated carbocycles. The lowest BCUT2D eigenvalue weighted by atomic mass is 9.88. The van der Waals surface area contributed by atoms with Crippen LogP contribution in [0.4, 0.5) is 9.18 Å². The Morgan fingerprint density at radius 1 is 1.48 bits per heavy atom. The van der Waals surface area contributed by atoms with Gasteiger partial charge in [-0.3, -0.25) is 0 Å². The van der Waals surface area contributed by atoms with E-state index in [1.165, 1.54) is 12.1 Å². The molecule has 4 nitrogen and oxygen atoms in total. The Labute approximate surface area is 141 Å². The number of rotatable bonds is 2. The number of aliphatic hydroxyl groups is 1. The van der Waals surface area contributed by atoms with E-state index in [9.17, 15) is 14.3 Å². The molecule has 0 bridgehead atoms. The number of likely N-dealkylation sites (tertiary alicyclic amines) is 1. The lowest BCUT2D eigenvalue weighted by Gasteiger charge is -2.36. The Morgan fingerprint density at radius 2 is 2.17 bits per heavy atom. The third kappa shape index (κ3) is 4.58. The summed E-state index contributed by atoms with van der Waals surface area (Å²) in [6.45, 7) is 6.34. The highest BCUT2D eigenvalue weighted by atomic mass is 35.5. The number of benzene rings is 1. The summed E-state index contributed by atoms with van der Waals surface area (Å²) in [4.78, 5) is 13.7. The van der Waals surface area contributed by atoms with Gasteiger partial charge in [-0.2, -0.15) is 0 Å². The van der Waals surface area contributed by atoms with Crippen molar-refractivity contribution < 1.29 is 19.0 Å². The zero-order valence-electron chi connectivity index (χ0n) is 13.7. The smallest absolute Gasteiger partial charge is 0.410 e. The van der Waals surface area contributed by atoms with E-state index in [-0.39, 0.29) is 16.5 Å². The Bertz CT molecular complexity index is 573. The van der Waals surface area contributed by atoms with Crippen molar-refractivity contribution in [1.82, 2.24) is 4.90 Å². The van der Waals surface area contributed by atoms with Gasteiger partial charge in [0.15, 0.2) is 0 Å². The zero-order chi connectivity index (χ0) is 17.2. The van der Waals surface area contributed by atoms with Crippen molar-refractivity contribution in [3.05, 3.63) is 34.6 Å². The molecule has 0 aromatic heterocycles. The van der Waals surface area contributed by atoms with Crippen molar-refractivity contribution in [2.75, 3.05) is 13.1 Å². The molecule has 1 aliphatic rings. The average molecular weight is 344 g/mol. The number of hydrogen-bond donors (Lipinski definition) is 1. The average Bonchev–Trinajstić information content (AvgIpc) is 2.48. The molecule has 1 saturated heterocycles. The molecule has 1 aromatic carbocycles. The molecule has 1 N–H and O–H groups in total. The van der Waals surface area contributed by atoms with E-state index in [0.717, 1.165) is 6.42 Å². The Balaban J connectivity index is 2.08. The topological polar surface area (TPSA) is 49.8 Å². The first-order valence-corrected chi connectivity index (χ1v) is 8.17. The fraction of sp³-hybridized carbons (Fsp3) is 0.588. The van der Waals surface area contributed by atoms with Gasteiger partial charge < -0.3 is 14.7 Å². The summed E-state index contributed by atoms with van der Waals surface area (Å²) in [6, 6.07) is 4.58. The van der Waals surface area contributed by atoms with E-state index in [4.69, 9.17) is 16.3 Å². The van der Waals surface area contributed by atoms with Gasteiger partial charge in [0.25, 0.3) is 0 Å². The van der Waals surface area contributed by atoms with Crippen LogP contribution in [0, 0.1) is 11.7 Å². The predicted molar refractivity (Wildman–Crippen MR) is 86.9 cm³/mol. The van der Waals surface area contributed by atoms with Crippen LogP contribution in [0.1, 0.15) is 45.3 Å². The minimum Gasteiger partial charge on any atom is -0.444 e. The van der Waals surface area contributed by atoms with Gasteiger partial charge in [-0.1, -0.05) is 23.7 Å². The third-order valence-corrected chi connectivity index (χ3v) is 4.15. The number of amides is 1. The summed E-state index contributed by atoms with van der Waals surface area (Å²) < 4.78 is 19.5. The standard InChI is InChI=1S/C17H23ClFNO3/c1-17(2,3)23-16(22)20-9-5-6-11(10-20)15(21)12-7-4-8-13(18)14(12)19/h4,7-8,11,15,21H,5-6,9-10H2,1-3H3/t11?,15-/m1/s1. The van der Waals surface area contributed by atoms with Crippen LogP contribution >= 0.6 is 11.6 Å². The fourth-order valence-electron chi connectivity index (χ4n) is 2.76. The lowest BCUT2D eigenvalue weighted by molar-refractivity contribution is 0.00191. The minimum atomic E-state index is -1.00. The molecule has 1 amide bonds. The van der Waals surface area contributed by atoms with Gasteiger partial charge >= 0.3 is 6.09 Å². The van der Waals surface area contributed by atoms with Crippen LogP contribution in [0.25, 0.3) is 0 Å². The summed E-state index contributed by atoms with van der Waals surface area (Å²) in [7, 11) is 0. The predicted octanol–water partition coefficient (Wildman–Crippen LogP) is 4.16. The Kier molecular flexibility index (Phi) is 5.53. The molecule has 0 radical (unpaired) electrons. The van der Waals surface area contributed by atoms with Crippen LogP contribution in [-0.2, 0) is 4.74 Å². The molecular weight excluding hydrogens is 321 g/mol. The number of hydrogen-bond acceptors (Lipinski definition) is 3. The van der Waals surface area contributed by atoms with Gasteiger partial charge in [-0.25, -0.2) is 9.18 Å². The summed E-state index contributed by atoms with van der Waals surface area (Å²) >= 11 is 5.78. The number of nitrogens with zero attached hydrogens (tertiary/aromatic N) is 1. The van der Waals surface area contributed by atoms with E-state index in [1.807, 2.05) is 20.8 Å². The summed E-state index contributed by atoms with van der Waals surface area (Å²) in [5, 5.41) is 10.5. The normalized spacial score (nSPS) is 20.3. The minimum absolute atomic E-state index is 0.0126. The first-order valence-electron chi connectivity index (χ1n) is 7.79. The maximum absolute atomic E-state index is 14.1. The van der Waals surface area contributed by atoms with E-state index in [1.54, 1.807) is 11.0 Å². The van der Waals surface area contributed by atoms with E-state index in [2.05, 4.69) is 0 Å². The second-order valence-corrected chi connectivity index (χ2v) is 7.32. The van der Waals surface area contributed by atoms with Gasteiger partial charge in [0.1, 0.15) is 11.4 Å². The SMILES string of the molecule is CC(C)(C)OC(=O)N1CCCC([C@@H](O)c2cccc(Cl)c2F)C1. The molecule has 2 atom stereocenters. The van der Waals surface area contributed by atoms with Crippen molar-refractivity contribution in [3.63, 3.8) is 0 Å². The van der Waals surface area contributed by atoms with Crippen molar-refractivity contribution in [2.24, 2.45) is 5.92 Å². The number of carbonyl (C=O) groups is 1. The largest absolute Gasteiger partial charge is 0.444 e. The van der Waals surface area contributed by atoms with Gasteiger partial charge in [0.05, 0.1) is 11.1 Å². The van der Waals surface area contributed by atoms with Gasteiger partial charge in [-0.05, 0) is 39.7 Å². The maximum Gasteiger partial charge on any atom is 0.410 e. The highest BCUT2D eigenvalue weighted by molar-refractivity contribution is 6.30. The number of carbonyl (C=O) groups excluding carboxylic acids is 1. The van der Waals surface area contributed by atoms with E-state index < -0.39 is 23.6 Å². The quantitative estimate of drug-likeness (QED) is 0.877. The summed E-state index contributed by atoms with van der Waals surface area (Å²) in [5.41, 5.74) is -0.393. The monoisotopic (exact) mass is 343 g/mol. The maximum atomic E-state index is 14.1. The molecule has 1 aliphatic heterocycles. The first kappa shape index (κ1) is 18.0. The van der Waals surface area contributed by atoms with E-state index >= 15 is 0 Å². The number of ether oxygens (including phenoxy) is 1. The Morgan fingerprint density at radius 3 is 2.83 bits per heavy atom. The Hall–Kier alpha value is -1.33. The highest BCUT2D eigenvalue weighted by Gasteiger charge is 2.32. The van der Waals surface area contributed by atoms with Crippen molar-refractivity contribution in [1.29, 1.82) is 0 Å². The van der Waals surface area contributed by atoms with Crippen LogP contribution in [-0.4, -0.2) is 34.8 Å². The van der Waals surface area contributed by atoms with Crippen LogP contribution in [0.3, 0.4) is 0 Å². The van der Waals surface area contributed by atoms with Crippen LogP contribution < -0.4 is 0 Å². The zero-order valence-corrected chi connectivity index (χ0v) is 14.4. The molecular formula is C17H23ClFNO3. The number of piperidine rings is 1. The molecule has 1 fully saturated rings. The van der Waals surface area contributed by atoms with Gasteiger partial charge in [-0.15, -0.1) is 0 Å². The second kappa shape index (κ2) is 7.05. The van der Waals surface area contributed by atoms with Crippen LogP contribution in [0.15, 0.2) is 18.2 Å². The molecule has 2 rings (SSSR count). The number of halogens is 2. The van der Waals surface area contributed by atoms with Crippen LogP contribution in [0.5, 0.6) is 0 Å². The van der Waals surface area contributed by atoms with Crippen LogP contribution in [0.2, 0.25) is 5.02 Å². The van der Waals surface area contributed by atoms with Gasteiger partial charge in [0, 0.05) is 24.6 Å². The highest BCUT2D eigenvalue weighted by Crippen LogP contribution is 2.33. The summed E-state index contributed by atoms with van der Waals surface area (Å²) in [5.74, 6) is -0.847. The third-order valence-electron chi connectivity index (χ3n) is 3.86. The molecule has 1 heterocycles. The van der Waals surface area contributed by atoms with E-state index in [0.29, 0.717) is 19.5 Å². The van der Waals surface area contributed by atoms with Crippen molar-refractivity contribution in [3.8, 4) is 0 Å². The molecule has 0 spiro atoms. The second-order valence-electron chi connectivity index (χ2n) is 6.92. The first-order chi connectivity index (χ1) is 10.7. The molecule has 6 heteroatoms. The molecule has 23 heavy (non-hydrogen) atoms. The van der Waals surface area contributed by atoms with Gasteiger partial charge in [0.2, 0.25) is 0 Å². The van der Waals surface area contributed by atoms with Crippen molar-refractivity contribution in [2.45, 2.75) is 45.3 Å².